The molecular formula is C44H40N4O12S4. The second-order valence-corrected chi connectivity index (χ2v) is 20.9. The molecule has 1 aliphatic rings. The number of fused-ring (bicyclic) bond motifs is 8. The van der Waals surface area contributed by atoms with Gasteiger partial charge in [0.1, 0.15) is 43.5 Å². The van der Waals surface area contributed by atoms with Crippen molar-refractivity contribution in [2.45, 2.75) is 19.6 Å². The average Bonchev–Trinajstić information content (AvgIpc) is 4.08. The molecule has 0 spiro atoms. The van der Waals surface area contributed by atoms with E-state index in [9.17, 15) is 54.6 Å². The van der Waals surface area contributed by atoms with E-state index in [1.54, 1.807) is 48.5 Å². The second-order valence-electron chi connectivity index (χ2n) is 14.8. The number of benzene rings is 4. The second kappa shape index (κ2) is 16.1. The summed E-state index contributed by atoms with van der Waals surface area (Å²) in [5.74, 6) is 0. The van der Waals surface area contributed by atoms with E-state index in [1.165, 1.54) is 48.5 Å². The lowest BCUT2D eigenvalue weighted by Gasteiger charge is -2.19. The zero-order valence-corrected chi connectivity index (χ0v) is 36.1. The average molecular weight is 945 g/mol. The molecular weight excluding hydrogens is 905 g/mol. The summed E-state index contributed by atoms with van der Waals surface area (Å²) in [6.07, 6.45) is 0. The maximum Gasteiger partial charge on any atom is 0.112 e. The van der Waals surface area contributed by atoms with Crippen LogP contribution < -0.4 is 21.4 Å². The molecule has 0 saturated carbocycles. The molecule has 0 unspecified atom stereocenters. The Bertz CT molecular complexity index is 2860. The quantitative estimate of drug-likeness (QED) is 0.0681. The van der Waals surface area contributed by atoms with E-state index in [0.717, 1.165) is 0 Å². The van der Waals surface area contributed by atoms with E-state index in [0.29, 0.717) is 88.7 Å². The molecule has 8 bridgehead atoms. The van der Waals surface area contributed by atoms with Crippen LogP contribution in [0.2, 0.25) is 0 Å². The van der Waals surface area contributed by atoms with Gasteiger partial charge in [0, 0.05) is 66.5 Å². The van der Waals surface area contributed by atoms with Crippen molar-refractivity contribution in [2.24, 2.45) is 0 Å². The summed E-state index contributed by atoms with van der Waals surface area (Å²) >= 11 is 0. The molecule has 4 aromatic heterocycles. The minimum absolute atomic E-state index is 0.0804. The molecule has 1 aliphatic heterocycles. The molecule has 9 rings (SSSR count). The van der Waals surface area contributed by atoms with Gasteiger partial charge in [-0.25, -0.2) is 0 Å². The van der Waals surface area contributed by atoms with Crippen LogP contribution in [0.25, 0.3) is 22.3 Å². The van der Waals surface area contributed by atoms with Gasteiger partial charge in [-0.1, -0.05) is 48.5 Å². The molecule has 0 aliphatic carbocycles. The van der Waals surface area contributed by atoms with Gasteiger partial charge in [-0.3, -0.25) is 0 Å². The molecule has 0 amide bonds. The molecule has 5 heterocycles. The third-order valence-electron chi connectivity index (χ3n) is 10.7. The molecule has 16 N–H and O–H groups in total. The minimum Gasteiger partial charge on any atom is -0.354 e. The third-order valence-corrected chi connectivity index (χ3v) is 14.4. The Kier molecular flexibility index (Phi) is 11.0. The van der Waals surface area contributed by atoms with Gasteiger partial charge in [-0.2, -0.15) is 0 Å². The van der Waals surface area contributed by atoms with E-state index in [4.69, 9.17) is 0 Å². The van der Waals surface area contributed by atoms with Gasteiger partial charge in [0.05, 0.1) is 19.6 Å². The fourth-order valence-electron chi connectivity index (χ4n) is 7.79. The minimum atomic E-state index is -4.01. The maximum atomic E-state index is 10.0. The number of aromatic nitrogens is 4. The highest BCUT2D eigenvalue weighted by atomic mass is 32.3. The first-order valence-electron chi connectivity index (χ1n) is 18.9. The Morgan fingerprint density at radius 2 is 0.406 bits per heavy atom. The van der Waals surface area contributed by atoms with Crippen LogP contribution >= 0.6 is 43.5 Å². The molecule has 8 aromatic rings. The lowest BCUT2D eigenvalue weighted by Crippen LogP contribution is -2.19. The normalized spacial score (nSPS) is 14.8. The number of nitrogens with one attached hydrogen (secondary N) is 4. The largest absolute Gasteiger partial charge is 0.354 e. The Morgan fingerprint density at radius 1 is 0.219 bits per heavy atom. The topological polar surface area (TPSA) is 306 Å². The summed E-state index contributed by atoms with van der Waals surface area (Å²) < 4.78 is 120. The fourth-order valence-corrected chi connectivity index (χ4v) is 9.79. The molecule has 4 aromatic carbocycles. The van der Waals surface area contributed by atoms with Crippen LogP contribution in [0.15, 0.2) is 165 Å². The number of rotatable bonds is 8. The van der Waals surface area contributed by atoms with Crippen molar-refractivity contribution in [1.82, 2.24) is 19.9 Å². The van der Waals surface area contributed by atoms with Gasteiger partial charge < -0.3 is 74.6 Å². The van der Waals surface area contributed by atoms with Gasteiger partial charge in [-0.15, -0.1) is 0 Å². The van der Waals surface area contributed by atoms with Gasteiger partial charge in [0.15, 0.2) is 0 Å². The molecule has 332 valence electrons. The predicted molar refractivity (Wildman–Crippen MR) is 249 cm³/mol. The van der Waals surface area contributed by atoms with E-state index in [2.05, 4.69) is 19.9 Å². The summed E-state index contributed by atoms with van der Waals surface area (Å²) in [5, 5.41) is 2.42. The summed E-state index contributed by atoms with van der Waals surface area (Å²) in [6.45, 7) is 0. The van der Waals surface area contributed by atoms with Gasteiger partial charge in [0.2, 0.25) is 0 Å². The first-order valence-corrected chi connectivity index (χ1v) is 25.0. The first-order chi connectivity index (χ1) is 30.2. The first kappa shape index (κ1) is 43.6. The monoisotopic (exact) mass is 944 g/mol. The van der Waals surface area contributed by atoms with E-state index >= 15 is 0 Å². The van der Waals surface area contributed by atoms with E-state index < -0.39 is 43.5 Å². The zero-order valence-electron chi connectivity index (χ0n) is 32.9. The van der Waals surface area contributed by atoms with Crippen LogP contribution in [0.3, 0.4) is 0 Å². The summed E-state index contributed by atoms with van der Waals surface area (Å²) in [7, 11) is -16.1. The molecule has 20 heteroatoms. The van der Waals surface area contributed by atoms with Gasteiger partial charge in [0.25, 0.3) is 0 Å². The SMILES string of the molecule is OS(O)(O)c1ccc(C2=c3ccc([nH]3)=C(c3ccc(S(O)(O)O)cc3)c3ccc([nH]3)C(c3ccc(S(O)(O)O)cc3)=c3ccc([nH]3)=C(c3ccc(S(O)(O)O)cc3)c3ccc2[nH]3)cc1. The van der Waals surface area contributed by atoms with Gasteiger partial charge in [-0.05, 0) is 119 Å². The Morgan fingerprint density at radius 3 is 0.578 bits per heavy atom. The lowest BCUT2D eigenvalue weighted by atomic mass is 10.0. The van der Waals surface area contributed by atoms with Crippen molar-refractivity contribution in [1.29, 1.82) is 0 Å². The van der Waals surface area contributed by atoms with Crippen molar-refractivity contribution in [2.75, 3.05) is 0 Å². The zero-order chi connectivity index (χ0) is 45.3. The van der Waals surface area contributed by atoms with Crippen molar-refractivity contribution in [3.8, 4) is 0 Å². The van der Waals surface area contributed by atoms with Gasteiger partial charge >= 0.3 is 0 Å². The Hall–Kier alpha value is -5.60. The fraction of sp³-hybridized carbons (Fsp3) is 0. The third kappa shape index (κ3) is 8.54. The van der Waals surface area contributed by atoms with Crippen LogP contribution in [0.4, 0.5) is 0 Å². The maximum absolute atomic E-state index is 10.0. The molecule has 0 atom stereocenters. The summed E-state index contributed by atoms with van der Waals surface area (Å²) in [4.78, 5) is 13.9. The molecule has 0 saturated heterocycles. The number of H-pyrrole nitrogens is 4. The molecule has 0 radical (unpaired) electrons. The molecule has 16 nitrogen and oxygen atoms in total. The number of hydrogen-bond acceptors (Lipinski definition) is 12. The predicted octanol–water partition coefficient (Wildman–Crippen LogP) is 8.63. The van der Waals surface area contributed by atoms with Crippen molar-refractivity contribution >= 4 is 65.8 Å². The van der Waals surface area contributed by atoms with Crippen molar-refractivity contribution < 1.29 is 54.6 Å². The van der Waals surface area contributed by atoms with Crippen LogP contribution in [-0.2, 0) is 0 Å². The number of aromatic amines is 4. The van der Waals surface area contributed by atoms with Crippen molar-refractivity contribution in [3.05, 3.63) is 212 Å². The van der Waals surface area contributed by atoms with Crippen LogP contribution in [0, 0.1) is 0 Å². The molecule has 64 heavy (non-hydrogen) atoms. The number of hydrogen-bond donors (Lipinski definition) is 16. The summed E-state index contributed by atoms with van der Waals surface area (Å²) in [5.41, 5.74) is 7.42. The van der Waals surface area contributed by atoms with E-state index in [-0.39, 0.29) is 19.6 Å². The van der Waals surface area contributed by atoms with Crippen LogP contribution in [0.1, 0.15) is 45.0 Å². The van der Waals surface area contributed by atoms with Crippen LogP contribution in [0.5, 0.6) is 0 Å². The van der Waals surface area contributed by atoms with Crippen molar-refractivity contribution in [3.63, 3.8) is 0 Å². The highest BCUT2D eigenvalue weighted by Gasteiger charge is 2.23. The Labute approximate surface area is 370 Å². The Balaban J connectivity index is 1.38. The molecule has 0 fully saturated rings. The summed E-state index contributed by atoms with van der Waals surface area (Å²) in [6, 6.07) is 39.3. The van der Waals surface area contributed by atoms with Crippen LogP contribution in [-0.4, -0.2) is 74.6 Å². The highest BCUT2D eigenvalue weighted by molar-refractivity contribution is 8.20. The standard InChI is InChI=1S/C44H40N4O12S4/c49-61(50,51)29-9-1-25(2-10-29)41-33-17-19-35(45-33)42(26-3-11-30(12-4-26)62(52,53)54)37-21-23-39(47-37)44(28-7-15-32(16-8-28)64(58,59)60)40-24-22-38(48-40)43(36-20-18-34(41)46-36)27-5-13-31(14-6-27)63(55,56)57/h1-24,45-60H. The van der Waals surface area contributed by atoms with E-state index in [1.807, 2.05) is 48.5 Å². The smallest absolute Gasteiger partial charge is 0.112 e. The lowest BCUT2D eigenvalue weighted by molar-refractivity contribution is 0.374. The highest BCUT2D eigenvalue weighted by Crippen LogP contribution is 2.46.